The molecule has 1 rings (SSSR count). The van der Waals surface area contributed by atoms with Crippen molar-refractivity contribution in [2.45, 2.75) is 64.9 Å². The van der Waals surface area contributed by atoms with Gasteiger partial charge in [0.05, 0.1) is 6.10 Å². The Labute approximate surface area is 82.5 Å². The van der Waals surface area contributed by atoms with Gasteiger partial charge in [0.1, 0.15) is 0 Å². The predicted molar refractivity (Wildman–Crippen MR) is 56.7 cm³/mol. The first-order valence-corrected chi connectivity index (χ1v) is 5.94. The maximum atomic E-state index is 9.54. The van der Waals surface area contributed by atoms with Gasteiger partial charge in [-0.05, 0) is 31.1 Å². The van der Waals surface area contributed by atoms with E-state index in [1.165, 1.54) is 32.1 Å². The van der Waals surface area contributed by atoms with Gasteiger partial charge in [0.15, 0.2) is 0 Å². The molecular formula is C12H24O. The number of hydrogen-bond donors (Lipinski definition) is 1. The monoisotopic (exact) mass is 184 g/mol. The lowest BCUT2D eigenvalue weighted by molar-refractivity contribution is 0.0915. The summed E-state index contributed by atoms with van der Waals surface area (Å²) in [5, 5.41) is 9.54. The van der Waals surface area contributed by atoms with E-state index in [0.717, 1.165) is 24.7 Å². The molecule has 0 radical (unpaired) electrons. The SMILES string of the molecule is CCC(CC)CC1CCCC(O)C1. The molecule has 1 N–H and O–H groups in total. The first kappa shape index (κ1) is 11.0. The Kier molecular flexibility index (Phi) is 4.79. The summed E-state index contributed by atoms with van der Waals surface area (Å²) in [6.07, 6.45) is 8.68. The molecule has 0 aromatic heterocycles. The third-order valence-electron chi connectivity index (χ3n) is 3.58. The molecule has 1 aliphatic rings. The zero-order valence-electron chi connectivity index (χ0n) is 9.13. The van der Waals surface area contributed by atoms with Gasteiger partial charge >= 0.3 is 0 Å². The Balaban J connectivity index is 2.26. The van der Waals surface area contributed by atoms with Crippen LogP contribution in [0, 0.1) is 11.8 Å². The predicted octanol–water partition coefficient (Wildman–Crippen LogP) is 3.36. The number of aliphatic hydroxyl groups excluding tert-OH is 1. The molecule has 0 bridgehead atoms. The van der Waals surface area contributed by atoms with E-state index in [-0.39, 0.29) is 6.10 Å². The Morgan fingerprint density at radius 3 is 2.46 bits per heavy atom. The molecule has 1 nitrogen and oxygen atoms in total. The van der Waals surface area contributed by atoms with Crippen molar-refractivity contribution in [2.24, 2.45) is 11.8 Å². The van der Waals surface area contributed by atoms with Gasteiger partial charge in [0.2, 0.25) is 0 Å². The van der Waals surface area contributed by atoms with E-state index < -0.39 is 0 Å². The van der Waals surface area contributed by atoms with E-state index in [0.29, 0.717) is 0 Å². The lowest BCUT2D eigenvalue weighted by Gasteiger charge is -2.28. The van der Waals surface area contributed by atoms with Crippen LogP contribution in [0.5, 0.6) is 0 Å². The topological polar surface area (TPSA) is 20.2 Å². The second-order valence-electron chi connectivity index (χ2n) is 4.60. The van der Waals surface area contributed by atoms with Crippen molar-refractivity contribution in [2.75, 3.05) is 0 Å². The van der Waals surface area contributed by atoms with E-state index in [4.69, 9.17) is 0 Å². The second kappa shape index (κ2) is 5.64. The standard InChI is InChI=1S/C12H24O/c1-3-10(4-2)8-11-6-5-7-12(13)9-11/h10-13H,3-9H2,1-2H3. The number of aliphatic hydroxyl groups is 1. The third kappa shape index (κ3) is 3.68. The molecule has 1 aliphatic carbocycles. The molecule has 0 aliphatic heterocycles. The van der Waals surface area contributed by atoms with Crippen molar-refractivity contribution in [3.8, 4) is 0 Å². The van der Waals surface area contributed by atoms with Crippen molar-refractivity contribution in [1.29, 1.82) is 0 Å². The fourth-order valence-corrected chi connectivity index (χ4v) is 2.57. The highest BCUT2D eigenvalue weighted by Gasteiger charge is 2.21. The lowest BCUT2D eigenvalue weighted by Crippen LogP contribution is -2.21. The normalized spacial score (nSPS) is 29.5. The van der Waals surface area contributed by atoms with Crippen molar-refractivity contribution in [1.82, 2.24) is 0 Å². The van der Waals surface area contributed by atoms with Crippen LogP contribution >= 0.6 is 0 Å². The molecule has 2 unspecified atom stereocenters. The Bertz CT molecular complexity index is 129. The summed E-state index contributed by atoms with van der Waals surface area (Å²) in [7, 11) is 0. The summed E-state index contributed by atoms with van der Waals surface area (Å²) in [5.74, 6) is 1.71. The van der Waals surface area contributed by atoms with Crippen molar-refractivity contribution in [3.05, 3.63) is 0 Å². The zero-order chi connectivity index (χ0) is 9.68. The van der Waals surface area contributed by atoms with Crippen LogP contribution in [0.3, 0.4) is 0 Å². The Hall–Kier alpha value is -0.0400. The molecule has 1 saturated carbocycles. The molecule has 1 fully saturated rings. The largest absolute Gasteiger partial charge is 0.393 e. The Morgan fingerprint density at radius 2 is 1.92 bits per heavy atom. The summed E-state index contributed by atoms with van der Waals surface area (Å²) in [5.41, 5.74) is 0. The summed E-state index contributed by atoms with van der Waals surface area (Å²) in [4.78, 5) is 0. The van der Waals surface area contributed by atoms with Crippen molar-refractivity contribution >= 4 is 0 Å². The second-order valence-corrected chi connectivity index (χ2v) is 4.60. The van der Waals surface area contributed by atoms with Gasteiger partial charge in [-0.2, -0.15) is 0 Å². The van der Waals surface area contributed by atoms with Crippen molar-refractivity contribution in [3.63, 3.8) is 0 Å². The summed E-state index contributed by atoms with van der Waals surface area (Å²) < 4.78 is 0. The quantitative estimate of drug-likeness (QED) is 0.710. The van der Waals surface area contributed by atoms with E-state index in [1.54, 1.807) is 0 Å². The maximum absolute atomic E-state index is 9.54. The Morgan fingerprint density at radius 1 is 1.23 bits per heavy atom. The average Bonchev–Trinajstić information content (AvgIpc) is 2.14. The van der Waals surface area contributed by atoms with Crippen molar-refractivity contribution < 1.29 is 5.11 Å². The van der Waals surface area contributed by atoms with Crippen LogP contribution < -0.4 is 0 Å². The van der Waals surface area contributed by atoms with Gasteiger partial charge in [0, 0.05) is 0 Å². The molecule has 0 heterocycles. The molecule has 0 aromatic carbocycles. The molecule has 0 saturated heterocycles. The number of hydrogen-bond acceptors (Lipinski definition) is 1. The molecule has 2 atom stereocenters. The van der Waals surface area contributed by atoms with Gasteiger partial charge in [0.25, 0.3) is 0 Å². The first-order valence-electron chi connectivity index (χ1n) is 5.94. The summed E-state index contributed by atoms with van der Waals surface area (Å²) in [6.45, 7) is 4.57. The van der Waals surface area contributed by atoms with Crippen LogP contribution in [0.2, 0.25) is 0 Å². The molecule has 78 valence electrons. The van der Waals surface area contributed by atoms with Crippen LogP contribution in [0.25, 0.3) is 0 Å². The molecule has 1 heteroatoms. The minimum Gasteiger partial charge on any atom is -0.393 e. The minimum absolute atomic E-state index is 0.00751. The highest BCUT2D eigenvalue weighted by molar-refractivity contribution is 4.74. The van der Waals surface area contributed by atoms with Crippen LogP contribution in [0.4, 0.5) is 0 Å². The summed E-state index contributed by atoms with van der Waals surface area (Å²) >= 11 is 0. The smallest absolute Gasteiger partial charge is 0.0542 e. The van der Waals surface area contributed by atoms with E-state index in [9.17, 15) is 5.11 Å². The van der Waals surface area contributed by atoms with E-state index in [2.05, 4.69) is 13.8 Å². The highest BCUT2D eigenvalue weighted by atomic mass is 16.3. The molecular weight excluding hydrogens is 160 g/mol. The van der Waals surface area contributed by atoms with Gasteiger partial charge in [-0.3, -0.25) is 0 Å². The molecule has 0 spiro atoms. The zero-order valence-corrected chi connectivity index (χ0v) is 9.13. The summed E-state index contributed by atoms with van der Waals surface area (Å²) in [6, 6.07) is 0. The van der Waals surface area contributed by atoms with Crippen LogP contribution in [0.15, 0.2) is 0 Å². The van der Waals surface area contributed by atoms with Gasteiger partial charge < -0.3 is 5.11 Å². The fourth-order valence-electron chi connectivity index (χ4n) is 2.57. The highest BCUT2D eigenvalue weighted by Crippen LogP contribution is 2.31. The maximum Gasteiger partial charge on any atom is 0.0542 e. The van der Waals surface area contributed by atoms with Gasteiger partial charge in [-0.15, -0.1) is 0 Å². The molecule has 13 heavy (non-hydrogen) atoms. The van der Waals surface area contributed by atoms with E-state index in [1.807, 2.05) is 0 Å². The third-order valence-corrected chi connectivity index (χ3v) is 3.58. The average molecular weight is 184 g/mol. The van der Waals surface area contributed by atoms with Crippen LogP contribution in [-0.2, 0) is 0 Å². The van der Waals surface area contributed by atoms with E-state index >= 15 is 0 Å². The van der Waals surface area contributed by atoms with Gasteiger partial charge in [-0.25, -0.2) is 0 Å². The van der Waals surface area contributed by atoms with Crippen LogP contribution in [-0.4, -0.2) is 11.2 Å². The van der Waals surface area contributed by atoms with Crippen LogP contribution in [0.1, 0.15) is 58.8 Å². The first-order chi connectivity index (χ1) is 6.26. The number of rotatable bonds is 4. The minimum atomic E-state index is 0.00751. The molecule has 0 aromatic rings. The fraction of sp³-hybridized carbons (Fsp3) is 1.00. The molecule has 0 amide bonds. The lowest BCUT2D eigenvalue weighted by atomic mass is 9.80. The van der Waals surface area contributed by atoms with Gasteiger partial charge in [-0.1, -0.05) is 39.5 Å².